The average Bonchev–Trinajstić information content (AvgIpc) is 2.44. The van der Waals surface area contributed by atoms with Crippen LogP contribution in [0.25, 0.3) is 6.08 Å². The molecule has 0 spiro atoms. The van der Waals surface area contributed by atoms with Gasteiger partial charge in [-0.2, -0.15) is 0 Å². The first-order valence-corrected chi connectivity index (χ1v) is 6.85. The SMILES string of the molecule is Cc1cc(Br)c(F)cc1NC(=O)/C=C/c1ccccc1. The molecule has 0 aliphatic heterocycles. The Morgan fingerprint density at radius 2 is 1.95 bits per heavy atom. The Kier molecular flexibility index (Phi) is 4.69. The Labute approximate surface area is 125 Å². The monoisotopic (exact) mass is 333 g/mol. The maximum atomic E-state index is 13.4. The molecule has 0 bridgehead atoms. The Hall–Kier alpha value is -1.94. The molecule has 0 radical (unpaired) electrons. The van der Waals surface area contributed by atoms with Crippen LogP contribution >= 0.6 is 15.9 Å². The topological polar surface area (TPSA) is 29.1 Å². The molecule has 1 amide bonds. The minimum atomic E-state index is -0.405. The van der Waals surface area contributed by atoms with Crippen molar-refractivity contribution < 1.29 is 9.18 Å². The third kappa shape index (κ3) is 3.78. The minimum Gasteiger partial charge on any atom is -0.322 e. The molecule has 4 heteroatoms. The zero-order chi connectivity index (χ0) is 14.5. The van der Waals surface area contributed by atoms with E-state index in [1.807, 2.05) is 30.3 Å². The molecule has 0 aliphatic carbocycles. The summed E-state index contributed by atoms with van der Waals surface area (Å²) in [4.78, 5) is 11.8. The summed E-state index contributed by atoms with van der Waals surface area (Å²) >= 11 is 3.11. The van der Waals surface area contributed by atoms with Crippen LogP contribution in [0, 0.1) is 12.7 Å². The van der Waals surface area contributed by atoms with Gasteiger partial charge in [-0.3, -0.25) is 4.79 Å². The van der Waals surface area contributed by atoms with Crippen LogP contribution in [-0.2, 0) is 4.79 Å². The molecule has 0 saturated heterocycles. The van der Waals surface area contributed by atoms with Gasteiger partial charge in [0, 0.05) is 11.8 Å². The van der Waals surface area contributed by atoms with E-state index in [0.29, 0.717) is 10.2 Å². The zero-order valence-electron chi connectivity index (χ0n) is 10.9. The van der Waals surface area contributed by atoms with Crippen molar-refractivity contribution in [1.82, 2.24) is 0 Å². The lowest BCUT2D eigenvalue weighted by molar-refractivity contribution is -0.111. The number of rotatable bonds is 3. The van der Waals surface area contributed by atoms with Gasteiger partial charge >= 0.3 is 0 Å². The van der Waals surface area contributed by atoms with Gasteiger partial charge in [0.2, 0.25) is 5.91 Å². The van der Waals surface area contributed by atoms with Crippen LogP contribution in [0.3, 0.4) is 0 Å². The summed E-state index contributed by atoms with van der Waals surface area (Å²) in [5.41, 5.74) is 2.19. The number of aryl methyl sites for hydroxylation is 1. The summed E-state index contributed by atoms with van der Waals surface area (Å²) in [6.07, 6.45) is 3.13. The number of hydrogen-bond acceptors (Lipinski definition) is 1. The van der Waals surface area contributed by atoms with Gasteiger partial charge in [0.25, 0.3) is 0 Å². The largest absolute Gasteiger partial charge is 0.322 e. The quantitative estimate of drug-likeness (QED) is 0.820. The van der Waals surface area contributed by atoms with Crippen molar-refractivity contribution in [3.05, 3.63) is 70.0 Å². The van der Waals surface area contributed by atoms with Gasteiger partial charge in [0.15, 0.2) is 0 Å². The summed E-state index contributed by atoms with van der Waals surface area (Å²) in [7, 11) is 0. The first-order valence-electron chi connectivity index (χ1n) is 6.06. The predicted octanol–water partition coefficient (Wildman–Crippen LogP) is 4.55. The molecule has 2 rings (SSSR count). The highest BCUT2D eigenvalue weighted by Gasteiger charge is 2.06. The van der Waals surface area contributed by atoms with E-state index in [1.54, 1.807) is 19.1 Å². The predicted molar refractivity (Wildman–Crippen MR) is 82.9 cm³/mol. The number of nitrogens with one attached hydrogen (secondary N) is 1. The van der Waals surface area contributed by atoms with Gasteiger partial charge in [-0.15, -0.1) is 0 Å². The lowest BCUT2D eigenvalue weighted by Gasteiger charge is -2.07. The first-order chi connectivity index (χ1) is 9.56. The Balaban J connectivity index is 2.09. The summed E-state index contributed by atoms with van der Waals surface area (Å²) in [5.74, 6) is -0.698. The molecule has 0 unspecified atom stereocenters. The highest BCUT2D eigenvalue weighted by molar-refractivity contribution is 9.10. The minimum absolute atomic E-state index is 0.293. The number of amides is 1. The zero-order valence-corrected chi connectivity index (χ0v) is 12.4. The molecule has 0 aliphatic rings. The van der Waals surface area contributed by atoms with Gasteiger partial charge in [0.1, 0.15) is 5.82 Å². The lowest BCUT2D eigenvalue weighted by Crippen LogP contribution is -2.09. The summed E-state index contributed by atoms with van der Waals surface area (Å²) in [5, 5.41) is 2.66. The highest BCUT2D eigenvalue weighted by Crippen LogP contribution is 2.23. The van der Waals surface area contributed by atoms with Crippen molar-refractivity contribution in [2.75, 3.05) is 5.32 Å². The molecule has 102 valence electrons. The molecule has 0 aromatic heterocycles. The molecule has 2 aromatic rings. The van der Waals surface area contributed by atoms with Gasteiger partial charge in [-0.25, -0.2) is 4.39 Å². The molecule has 0 saturated carbocycles. The molecule has 0 fully saturated rings. The number of carbonyl (C=O) groups is 1. The maximum Gasteiger partial charge on any atom is 0.248 e. The van der Waals surface area contributed by atoms with Crippen molar-refractivity contribution >= 4 is 33.6 Å². The van der Waals surface area contributed by atoms with Gasteiger partial charge in [0.05, 0.1) is 4.47 Å². The summed E-state index contributed by atoms with van der Waals surface area (Å²) in [6.45, 7) is 1.81. The third-order valence-electron chi connectivity index (χ3n) is 2.75. The second-order valence-corrected chi connectivity index (χ2v) is 5.17. The Bertz CT molecular complexity index is 653. The Morgan fingerprint density at radius 3 is 2.65 bits per heavy atom. The van der Waals surface area contributed by atoms with Crippen molar-refractivity contribution in [2.24, 2.45) is 0 Å². The van der Waals surface area contributed by atoms with E-state index in [1.165, 1.54) is 12.1 Å². The van der Waals surface area contributed by atoms with E-state index in [0.717, 1.165) is 11.1 Å². The second kappa shape index (κ2) is 6.48. The van der Waals surface area contributed by atoms with Gasteiger partial charge in [-0.05, 0) is 52.2 Å². The molecule has 0 atom stereocenters. The van der Waals surface area contributed by atoms with Crippen molar-refractivity contribution in [2.45, 2.75) is 6.92 Å². The second-order valence-electron chi connectivity index (χ2n) is 4.31. The van der Waals surface area contributed by atoms with E-state index in [2.05, 4.69) is 21.2 Å². The van der Waals surface area contributed by atoms with E-state index < -0.39 is 5.82 Å². The van der Waals surface area contributed by atoms with Crippen LogP contribution in [0.4, 0.5) is 10.1 Å². The fraction of sp³-hybridized carbons (Fsp3) is 0.0625. The number of hydrogen-bond donors (Lipinski definition) is 1. The van der Waals surface area contributed by atoms with Crippen LogP contribution in [-0.4, -0.2) is 5.91 Å². The van der Waals surface area contributed by atoms with Crippen molar-refractivity contribution in [1.29, 1.82) is 0 Å². The van der Waals surface area contributed by atoms with Crippen molar-refractivity contribution in [3.63, 3.8) is 0 Å². The molecule has 0 heterocycles. The molecule has 1 N–H and O–H groups in total. The molecular weight excluding hydrogens is 321 g/mol. The van der Waals surface area contributed by atoms with Crippen LogP contribution in [0.15, 0.2) is 53.0 Å². The van der Waals surface area contributed by atoms with Crippen LogP contribution in [0.5, 0.6) is 0 Å². The number of carbonyl (C=O) groups excluding carboxylic acids is 1. The normalized spacial score (nSPS) is 10.8. The maximum absolute atomic E-state index is 13.4. The number of benzene rings is 2. The number of halogens is 2. The van der Waals surface area contributed by atoms with E-state index >= 15 is 0 Å². The van der Waals surface area contributed by atoms with Gasteiger partial charge < -0.3 is 5.32 Å². The van der Waals surface area contributed by atoms with E-state index in [-0.39, 0.29) is 5.91 Å². The average molecular weight is 334 g/mol. The van der Waals surface area contributed by atoms with E-state index in [4.69, 9.17) is 0 Å². The summed E-state index contributed by atoms with van der Waals surface area (Å²) < 4.78 is 13.8. The fourth-order valence-corrected chi connectivity index (χ4v) is 2.15. The first kappa shape index (κ1) is 14.5. The Morgan fingerprint density at radius 1 is 1.25 bits per heavy atom. The third-order valence-corrected chi connectivity index (χ3v) is 3.36. The highest BCUT2D eigenvalue weighted by atomic mass is 79.9. The van der Waals surface area contributed by atoms with Gasteiger partial charge in [-0.1, -0.05) is 30.3 Å². The molecule has 20 heavy (non-hydrogen) atoms. The summed E-state index contributed by atoms with van der Waals surface area (Å²) in [6, 6.07) is 12.4. The van der Waals surface area contributed by atoms with Crippen LogP contribution < -0.4 is 5.32 Å². The van der Waals surface area contributed by atoms with Crippen molar-refractivity contribution in [3.8, 4) is 0 Å². The number of anilines is 1. The van der Waals surface area contributed by atoms with Crippen LogP contribution in [0.1, 0.15) is 11.1 Å². The molecule has 2 aromatic carbocycles. The smallest absolute Gasteiger partial charge is 0.248 e. The van der Waals surface area contributed by atoms with Crippen LogP contribution in [0.2, 0.25) is 0 Å². The fourth-order valence-electron chi connectivity index (χ4n) is 1.69. The molecule has 2 nitrogen and oxygen atoms in total. The standard InChI is InChI=1S/C16H13BrFNO/c1-11-9-13(17)14(18)10-15(11)19-16(20)8-7-12-5-3-2-4-6-12/h2-10H,1H3,(H,19,20)/b8-7+. The molecular formula is C16H13BrFNO. The van der Waals surface area contributed by atoms with E-state index in [9.17, 15) is 9.18 Å². The lowest BCUT2D eigenvalue weighted by atomic mass is 10.2.